The number of hydrogen-bond donors (Lipinski definition) is 2. The number of ether oxygens (including phenoxy) is 1. The molecule has 0 aromatic heterocycles. The second-order valence-corrected chi connectivity index (χ2v) is 4.43. The average molecular weight is 237 g/mol. The highest BCUT2D eigenvalue weighted by molar-refractivity contribution is 5.75. The largest absolute Gasteiger partial charge is 0.388 e. The molecule has 4 heteroatoms. The molecule has 17 heavy (non-hydrogen) atoms. The summed E-state index contributed by atoms with van der Waals surface area (Å²) in [5.41, 5.74) is 5.89. The smallest absolute Gasteiger partial charge is 0.168 e. The van der Waals surface area contributed by atoms with Crippen molar-refractivity contribution in [1.82, 2.24) is 0 Å². The summed E-state index contributed by atoms with van der Waals surface area (Å²) in [5, 5.41) is 10.1. The maximum absolute atomic E-state index is 10.7. The second-order valence-electron chi connectivity index (χ2n) is 4.43. The number of rotatable bonds is 5. The Balaban J connectivity index is 3.19. The summed E-state index contributed by atoms with van der Waals surface area (Å²) in [7, 11) is 1.44. The minimum absolute atomic E-state index is 0.0557. The summed E-state index contributed by atoms with van der Waals surface area (Å²) in [6.07, 6.45) is -0.115. The van der Waals surface area contributed by atoms with Crippen molar-refractivity contribution in [3.63, 3.8) is 0 Å². The lowest BCUT2D eigenvalue weighted by Crippen LogP contribution is -2.51. The number of aldehydes is 1. The third-order valence-electron chi connectivity index (χ3n) is 2.88. The zero-order valence-electron chi connectivity index (χ0n) is 10.4. The first kappa shape index (κ1) is 13.8. The van der Waals surface area contributed by atoms with Crippen LogP contribution in [0.25, 0.3) is 0 Å². The van der Waals surface area contributed by atoms with Crippen molar-refractivity contribution in [3.05, 3.63) is 35.4 Å². The van der Waals surface area contributed by atoms with Crippen LogP contribution < -0.4 is 5.73 Å². The van der Waals surface area contributed by atoms with Crippen LogP contribution in [0.4, 0.5) is 0 Å². The molecular formula is C13H19NO3. The normalized spacial score (nSPS) is 16.6. The van der Waals surface area contributed by atoms with E-state index in [4.69, 9.17) is 10.5 Å². The molecule has 0 aliphatic rings. The summed E-state index contributed by atoms with van der Waals surface area (Å²) in [4.78, 5) is 10.7. The van der Waals surface area contributed by atoms with Crippen molar-refractivity contribution in [3.8, 4) is 0 Å². The third kappa shape index (κ3) is 2.72. The van der Waals surface area contributed by atoms with Crippen LogP contribution in [0.15, 0.2) is 24.3 Å². The monoisotopic (exact) mass is 237 g/mol. The zero-order chi connectivity index (χ0) is 13.1. The molecule has 3 N–H and O–H groups in total. The van der Waals surface area contributed by atoms with Gasteiger partial charge in [0.2, 0.25) is 0 Å². The lowest BCUT2D eigenvalue weighted by molar-refractivity contribution is -0.122. The number of methoxy groups -OCH3 is 1. The Kier molecular flexibility index (Phi) is 4.40. The van der Waals surface area contributed by atoms with Crippen molar-refractivity contribution in [2.45, 2.75) is 25.7 Å². The van der Waals surface area contributed by atoms with Crippen molar-refractivity contribution in [1.29, 1.82) is 0 Å². The van der Waals surface area contributed by atoms with Gasteiger partial charge in [0.15, 0.2) is 5.72 Å². The van der Waals surface area contributed by atoms with Gasteiger partial charge in [0.1, 0.15) is 12.4 Å². The van der Waals surface area contributed by atoms with E-state index in [1.807, 2.05) is 13.8 Å². The highest BCUT2D eigenvalue weighted by Crippen LogP contribution is 2.27. The van der Waals surface area contributed by atoms with Crippen molar-refractivity contribution >= 4 is 6.29 Å². The molecule has 94 valence electrons. The van der Waals surface area contributed by atoms with E-state index in [9.17, 15) is 9.90 Å². The topological polar surface area (TPSA) is 72.5 Å². The van der Waals surface area contributed by atoms with Gasteiger partial charge in [0, 0.05) is 18.2 Å². The van der Waals surface area contributed by atoms with Gasteiger partial charge in [0.25, 0.3) is 0 Å². The van der Waals surface area contributed by atoms with Gasteiger partial charge < -0.3 is 9.84 Å². The molecule has 0 unspecified atom stereocenters. The van der Waals surface area contributed by atoms with Gasteiger partial charge in [-0.25, -0.2) is 0 Å². The number of benzene rings is 1. The molecule has 0 spiro atoms. The number of hydrogen-bond acceptors (Lipinski definition) is 4. The van der Waals surface area contributed by atoms with Crippen molar-refractivity contribution in [2.24, 2.45) is 11.7 Å². The van der Waals surface area contributed by atoms with Crippen LogP contribution in [0.1, 0.15) is 29.8 Å². The van der Waals surface area contributed by atoms with Gasteiger partial charge in [-0.3, -0.25) is 10.5 Å². The highest BCUT2D eigenvalue weighted by Gasteiger charge is 2.37. The van der Waals surface area contributed by atoms with E-state index in [1.54, 1.807) is 24.3 Å². The maximum Gasteiger partial charge on any atom is 0.168 e. The maximum atomic E-state index is 10.7. The second kappa shape index (κ2) is 5.40. The zero-order valence-corrected chi connectivity index (χ0v) is 10.4. The number of carbonyl (C=O) groups excluding carboxylic acids is 1. The first-order chi connectivity index (χ1) is 7.95. The quantitative estimate of drug-likeness (QED) is 0.597. The summed E-state index contributed by atoms with van der Waals surface area (Å²) in [6, 6.07) is 6.76. The van der Waals surface area contributed by atoms with Gasteiger partial charge in [-0.15, -0.1) is 0 Å². The minimum Gasteiger partial charge on any atom is -0.388 e. The lowest BCUT2D eigenvalue weighted by Gasteiger charge is -2.35. The SMILES string of the molecule is CO[C@](N)(c1cccc(C=O)c1)[C@H](O)C(C)C. The van der Waals surface area contributed by atoms with Crippen LogP contribution in [0, 0.1) is 5.92 Å². The van der Waals surface area contributed by atoms with Crippen molar-refractivity contribution in [2.75, 3.05) is 7.11 Å². The van der Waals surface area contributed by atoms with E-state index >= 15 is 0 Å². The van der Waals surface area contributed by atoms with E-state index in [2.05, 4.69) is 0 Å². The fourth-order valence-electron chi connectivity index (χ4n) is 1.76. The van der Waals surface area contributed by atoms with Crippen molar-refractivity contribution < 1.29 is 14.6 Å². The molecule has 0 heterocycles. The van der Waals surface area contributed by atoms with E-state index in [-0.39, 0.29) is 5.92 Å². The Morgan fingerprint density at radius 3 is 2.59 bits per heavy atom. The first-order valence-corrected chi connectivity index (χ1v) is 5.53. The predicted molar refractivity (Wildman–Crippen MR) is 65.5 cm³/mol. The van der Waals surface area contributed by atoms with E-state index in [1.165, 1.54) is 7.11 Å². The Morgan fingerprint density at radius 1 is 1.47 bits per heavy atom. The molecule has 0 amide bonds. The molecule has 0 saturated heterocycles. The number of aliphatic hydroxyl groups excluding tert-OH is 1. The third-order valence-corrected chi connectivity index (χ3v) is 2.88. The molecule has 1 aromatic rings. The molecule has 1 aromatic carbocycles. The lowest BCUT2D eigenvalue weighted by atomic mass is 9.89. The van der Waals surface area contributed by atoms with Crippen LogP contribution >= 0.6 is 0 Å². The summed E-state index contributed by atoms with van der Waals surface area (Å²) >= 11 is 0. The molecule has 0 fully saturated rings. The molecule has 0 bridgehead atoms. The van der Waals surface area contributed by atoms with Gasteiger partial charge >= 0.3 is 0 Å². The molecule has 0 radical (unpaired) electrons. The standard InChI is InChI=1S/C13H19NO3/c1-9(2)12(16)13(14,17-3)11-6-4-5-10(7-11)8-15/h4-9,12,16H,14H2,1-3H3/t12-,13-/m1/s1. The van der Waals surface area contributed by atoms with Crippen LogP contribution in [-0.4, -0.2) is 24.6 Å². The Hall–Kier alpha value is -1.23. The fourth-order valence-corrected chi connectivity index (χ4v) is 1.76. The van der Waals surface area contributed by atoms with E-state index in [0.29, 0.717) is 11.1 Å². The molecule has 4 nitrogen and oxygen atoms in total. The predicted octanol–water partition coefficient (Wildman–Crippen LogP) is 1.27. The Morgan fingerprint density at radius 2 is 2.12 bits per heavy atom. The molecule has 2 atom stereocenters. The Labute approximate surface area is 101 Å². The minimum atomic E-state index is -1.30. The van der Waals surface area contributed by atoms with Crippen LogP contribution in [0.5, 0.6) is 0 Å². The number of carbonyl (C=O) groups is 1. The summed E-state index contributed by atoms with van der Waals surface area (Å²) in [5.74, 6) is -0.0557. The average Bonchev–Trinajstić information content (AvgIpc) is 2.36. The van der Waals surface area contributed by atoms with Gasteiger partial charge in [-0.2, -0.15) is 0 Å². The van der Waals surface area contributed by atoms with Crippen LogP contribution in [0.3, 0.4) is 0 Å². The molecule has 0 aliphatic heterocycles. The molecular weight excluding hydrogens is 218 g/mol. The van der Waals surface area contributed by atoms with E-state index < -0.39 is 11.8 Å². The molecule has 0 aliphatic carbocycles. The van der Waals surface area contributed by atoms with Gasteiger partial charge in [-0.1, -0.05) is 32.0 Å². The highest BCUT2D eigenvalue weighted by atomic mass is 16.5. The first-order valence-electron chi connectivity index (χ1n) is 5.53. The van der Waals surface area contributed by atoms with Gasteiger partial charge in [0.05, 0.1) is 0 Å². The summed E-state index contributed by atoms with van der Waals surface area (Å²) in [6.45, 7) is 3.71. The van der Waals surface area contributed by atoms with Gasteiger partial charge in [-0.05, 0) is 12.0 Å². The van der Waals surface area contributed by atoms with E-state index in [0.717, 1.165) is 6.29 Å². The van der Waals surface area contributed by atoms with Crippen LogP contribution in [0.2, 0.25) is 0 Å². The summed E-state index contributed by atoms with van der Waals surface area (Å²) < 4.78 is 5.26. The fraction of sp³-hybridized carbons (Fsp3) is 0.462. The van der Waals surface area contributed by atoms with Crippen LogP contribution in [-0.2, 0) is 10.5 Å². The Bertz CT molecular complexity index is 392. The number of nitrogens with two attached hydrogens (primary N) is 1. The molecule has 0 saturated carbocycles. The molecule has 1 rings (SSSR count). The number of aliphatic hydroxyl groups is 1.